The van der Waals surface area contributed by atoms with Crippen molar-refractivity contribution in [1.82, 2.24) is 20.4 Å². The Hall–Kier alpha value is -4.23. The number of hydrogen-bond donors (Lipinski definition) is 3. The monoisotopic (exact) mass is 747 g/mol. The minimum absolute atomic E-state index is 0.0160. The predicted octanol–water partition coefficient (Wildman–Crippen LogP) is 6.55. The summed E-state index contributed by atoms with van der Waals surface area (Å²) < 4.78 is 43.2. The molecule has 0 spiro atoms. The number of aromatic nitrogens is 2. The van der Waals surface area contributed by atoms with Crippen molar-refractivity contribution in [2.75, 3.05) is 4.72 Å². The first kappa shape index (κ1) is 37.5. The molecule has 3 aromatic carbocycles. The van der Waals surface area contributed by atoms with Gasteiger partial charge in [-0.05, 0) is 61.4 Å². The molecule has 4 aromatic rings. The number of halogens is 1. The molecule has 0 bridgehead atoms. The van der Waals surface area contributed by atoms with E-state index in [-0.39, 0.29) is 53.2 Å². The number of nitrogens with zero attached hydrogens (tertiary/aromatic N) is 2. The molecule has 4 atom stereocenters. The highest BCUT2D eigenvalue weighted by molar-refractivity contribution is 7.92. The molecular weight excluding hydrogens is 702 g/mol. The van der Waals surface area contributed by atoms with Crippen molar-refractivity contribution >= 4 is 39.3 Å². The summed E-state index contributed by atoms with van der Waals surface area (Å²) in [4.78, 5) is 27.6. The van der Waals surface area contributed by atoms with Crippen molar-refractivity contribution in [2.45, 2.75) is 107 Å². The summed E-state index contributed by atoms with van der Waals surface area (Å²) in [5.41, 5.74) is 2.52. The zero-order valence-electron chi connectivity index (χ0n) is 29.3. The summed E-state index contributed by atoms with van der Waals surface area (Å²) >= 11 is 6.23. The maximum atomic E-state index is 14.0. The van der Waals surface area contributed by atoms with Crippen LogP contribution in [0.25, 0.3) is 0 Å². The summed E-state index contributed by atoms with van der Waals surface area (Å²) in [7, 11) is -4.13. The van der Waals surface area contributed by atoms with Crippen molar-refractivity contribution in [3.63, 3.8) is 0 Å². The van der Waals surface area contributed by atoms with E-state index in [0.29, 0.717) is 23.8 Å². The van der Waals surface area contributed by atoms with Gasteiger partial charge < -0.3 is 20.1 Å². The molecule has 0 unspecified atom stereocenters. The van der Waals surface area contributed by atoms with Gasteiger partial charge in [0.1, 0.15) is 12.2 Å². The molecule has 13 heteroatoms. The van der Waals surface area contributed by atoms with E-state index in [0.717, 1.165) is 62.5 Å². The Labute approximate surface area is 310 Å². The van der Waals surface area contributed by atoms with Gasteiger partial charge in [-0.25, -0.2) is 13.1 Å². The zero-order valence-corrected chi connectivity index (χ0v) is 30.9. The van der Waals surface area contributed by atoms with Gasteiger partial charge in [0.15, 0.2) is 5.82 Å². The van der Waals surface area contributed by atoms with Crippen LogP contribution in [0.1, 0.15) is 78.5 Å². The summed E-state index contributed by atoms with van der Waals surface area (Å²) in [6.45, 7) is 2.17. The molecule has 2 aliphatic rings. The van der Waals surface area contributed by atoms with Gasteiger partial charge in [0.05, 0.1) is 42.4 Å². The Balaban J connectivity index is 1.19. The van der Waals surface area contributed by atoms with Crippen LogP contribution in [0.15, 0.2) is 89.8 Å². The molecule has 0 radical (unpaired) electrons. The van der Waals surface area contributed by atoms with E-state index in [1.807, 2.05) is 60.7 Å². The number of carbonyl (C=O) groups excluding carboxylic acids is 2. The first-order chi connectivity index (χ1) is 25.2. The summed E-state index contributed by atoms with van der Waals surface area (Å²) in [6.07, 6.45) is 6.58. The molecule has 6 rings (SSSR count). The van der Waals surface area contributed by atoms with Gasteiger partial charge in [-0.15, -0.1) is 0 Å². The van der Waals surface area contributed by atoms with Gasteiger partial charge in [0.2, 0.25) is 5.91 Å². The van der Waals surface area contributed by atoms with E-state index < -0.39 is 15.9 Å². The van der Waals surface area contributed by atoms with Gasteiger partial charge in [-0.1, -0.05) is 104 Å². The van der Waals surface area contributed by atoms with Crippen LogP contribution < -0.4 is 15.4 Å². The molecule has 2 fully saturated rings. The third kappa shape index (κ3) is 9.80. The van der Waals surface area contributed by atoms with Crippen molar-refractivity contribution in [3.8, 4) is 0 Å². The minimum atomic E-state index is -4.13. The molecule has 3 N–H and O–H groups in total. The lowest BCUT2D eigenvalue weighted by Crippen LogP contribution is -2.48. The van der Waals surface area contributed by atoms with Crippen LogP contribution >= 0.6 is 11.6 Å². The van der Waals surface area contributed by atoms with E-state index in [4.69, 9.17) is 21.1 Å². The number of ether oxygens (including phenoxy) is 2. The molecule has 276 valence electrons. The largest absolute Gasteiger partial charge is 0.371 e. The van der Waals surface area contributed by atoms with E-state index in [1.54, 1.807) is 19.1 Å². The van der Waals surface area contributed by atoms with Gasteiger partial charge in [-0.3, -0.25) is 14.3 Å². The van der Waals surface area contributed by atoms with Crippen LogP contribution in [0.4, 0.5) is 5.82 Å². The maximum absolute atomic E-state index is 14.0. The summed E-state index contributed by atoms with van der Waals surface area (Å²) in [5.74, 6) is -0.939. The first-order valence-electron chi connectivity index (χ1n) is 17.9. The summed E-state index contributed by atoms with van der Waals surface area (Å²) in [5, 5.41) is 10.9. The Morgan fingerprint density at radius 1 is 0.788 bits per heavy atom. The van der Waals surface area contributed by atoms with E-state index in [1.165, 1.54) is 16.8 Å². The van der Waals surface area contributed by atoms with Crippen LogP contribution in [-0.4, -0.2) is 54.3 Å². The molecule has 0 saturated heterocycles. The fraction of sp³-hybridized carbons (Fsp3) is 0.410. The number of hydrogen-bond acceptors (Lipinski definition) is 7. The highest BCUT2D eigenvalue weighted by Crippen LogP contribution is 2.27. The van der Waals surface area contributed by atoms with Crippen LogP contribution in [0.2, 0.25) is 5.02 Å². The maximum Gasteiger partial charge on any atom is 0.269 e. The van der Waals surface area contributed by atoms with Gasteiger partial charge in [-0.2, -0.15) is 5.10 Å². The Bertz CT molecular complexity index is 1920. The molecular formula is C39H46ClN5O6S. The number of benzene rings is 3. The molecule has 11 nitrogen and oxygen atoms in total. The second-order valence-corrected chi connectivity index (χ2v) is 15.6. The molecule has 2 aliphatic carbocycles. The highest BCUT2D eigenvalue weighted by atomic mass is 35.5. The Kier molecular flexibility index (Phi) is 12.6. The molecule has 1 aromatic heterocycles. The van der Waals surface area contributed by atoms with E-state index in [2.05, 4.69) is 20.5 Å². The van der Waals surface area contributed by atoms with Gasteiger partial charge in [0, 0.05) is 11.1 Å². The van der Waals surface area contributed by atoms with Crippen molar-refractivity contribution < 1.29 is 27.5 Å². The topological polar surface area (TPSA) is 141 Å². The third-order valence-corrected chi connectivity index (χ3v) is 11.6. The quantitative estimate of drug-likeness (QED) is 0.133. The zero-order chi connectivity index (χ0) is 36.5. The van der Waals surface area contributed by atoms with E-state index in [9.17, 15) is 18.0 Å². The van der Waals surface area contributed by atoms with E-state index >= 15 is 0 Å². The van der Waals surface area contributed by atoms with Crippen molar-refractivity contribution in [2.24, 2.45) is 0 Å². The average Bonchev–Trinajstić information content (AvgIpc) is 3.53. The van der Waals surface area contributed by atoms with Crippen LogP contribution in [0, 0.1) is 6.92 Å². The average molecular weight is 748 g/mol. The fourth-order valence-electron chi connectivity index (χ4n) is 6.95. The molecule has 52 heavy (non-hydrogen) atoms. The third-order valence-electron chi connectivity index (χ3n) is 9.73. The van der Waals surface area contributed by atoms with Crippen molar-refractivity contribution in [3.05, 3.63) is 112 Å². The lowest BCUT2D eigenvalue weighted by atomic mass is 9.92. The highest BCUT2D eigenvalue weighted by Gasteiger charge is 2.31. The smallest absolute Gasteiger partial charge is 0.269 e. The predicted molar refractivity (Wildman–Crippen MR) is 199 cm³/mol. The molecule has 2 saturated carbocycles. The molecule has 0 aliphatic heterocycles. The second kappa shape index (κ2) is 17.5. The second-order valence-electron chi connectivity index (χ2n) is 13.5. The number of nitrogens with one attached hydrogen (secondary N) is 3. The lowest BCUT2D eigenvalue weighted by molar-refractivity contribution is -0.124. The SMILES string of the molecule is Cc1c(Cl)cccc1S(=O)(=O)Nc1cc(C(=O)N[C@H]2CCCC[C@@H]2OCc2ccccc2)n(CC(=O)N[C@H]2CCCC[C@@H]2OCc2ccccc2)n1. The number of rotatable bonds is 14. The van der Waals surface area contributed by atoms with Crippen LogP contribution in [0.3, 0.4) is 0 Å². The number of anilines is 1. The first-order valence-corrected chi connectivity index (χ1v) is 19.8. The Morgan fingerprint density at radius 2 is 1.35 bits per heavy atom. The van der Waals surface area contributed by atoms with Crippen LogP contribution in [-0.2, 0) is 44.1 Å². The van der Waals surface area contributed by atoms with Crippen molar-refractivity contribution in [1.29, 1.82) is 0 Å². The number of amides is 2. The van der Waals surface area contributed by atoms with Crippen LogP contribution in [0.5, 0.6) is 0 Å². The Morgan fingerprint density at radius 3 is 1.94 bits per heavy atom. The lowest BCUT2D eigenvalue weighted by Gasteiger charge is -2.32. The number of sulfonamides is 1. The molecule has 1 heterocycles. The summed E-state index contributed by atoms with van der Waals surface area (Å²) in [6, 6.07) is 25.2. The standard InChI is InChI=1S/C39H46ClN5O6S/c1-27-30(40)17-12-22-36(27)52(48,49)44-37-23-33(39(47)42-32-19-9-11-21-35(32)51-26-29-15-6-3-7-16-29)45(43-37)24-38(46)41-31-18-8-10-20-34(31)50-25-28-13-4-2-5-14-28/h2-7,12-17,22-23,31-32,34-35H,8-11,18-21,24-26H2,1H3,(H,41,46)(H,42,47)(H,43,44)/t31-,32-,34-,35-/m0/s1. The van der Waals surface area contributed by atoms with Gasteiger partial charge >= 0.3 is 0 Å². The van der Waals surface area contributed by atoms with Gasteiger partial charge in [0.25, 0.3) is 15.9 Å². The normalized spacial score (nSPS) is 20.6. The fourth-order valence-corrected chi connectivity index (χ4v) is 8.44. The molecule has 2 amide bonds. The number of carbonyl (C=O) groups is 2. The minimum Gasteiger partial charge on any atom is -0.371 e.